The molecule has 140 valence electrons. The molecule has 1 aliphatic rings. The highest BCUT2D eigenvalue weighted by Crippen LogP contribution is 2.36. The number of methoxy groups -OCH3 is 1. The van der Waals surface area contributed by atoms with Crippen LogP contribution >= 0.6 is 0 Å². The first-order chi connectivity index (χ1) is 12.6. The van der Waals surface area contributed by atoms with Gasteiger partial charge in [0, 0.05) is 25.0 Å². The second kappa shape index (κ2) is 8.36. The second-order valence-corrected chi connectivity index (χ2v) is 6.93. The number of aromatic nitrogens is 2. The number of likely N-dealkylation sites (tertiary alicyclic amines) is 1. The Morgan fingerprint density at radius 1 is 1.38 bits per heavy atom. The Bertz CT molecular complexity index is 717. The molecule has 1 unspecified atom stereocenters. The van der Waals surface area contributed by atoms with Crippen molar-refractivity contribution in [3.8, 4) is 5.75 Å². The van der Waals surface area contributed by atoms with Gasteiger partial charge in [0.05, 0.1) is 19.1 Å². The lowest BCUT2D eigenvalue weighted by atomic mass is 9.75. The minimum absolute atomic E-state index is 0.0999. The largest absolute Gasteiger partial charge is 0.497 e. The van der Waals surface area contributed by atoms with Gasteiger partial charge in [-0.3, -0.25) is 14.8 Å². The molecule has 0 saturated carbocycles. The number of carbonyl (C=O) groups excluding carboxylic acids is 1. The molecule has 2 aromatic rings. The van der Waals surface area contributed by atoms with Crippen LogP contribution in [0, 0.1) is 5.41 Å². The zero-order valence-electron chi connectivity index (χ0n) is 15.5. The fourth-order valence-corrected chi connectivity index (χ4v) is 3.82. The molecule has 0 amide bonds. The van der Waals surface area contributed by atoms with Crippen molar-refractivity contribution in [2.75, 3.05) is 26.8 Å². The van der Waals surface area contributed by atoms with Crippen molar-refractivity contribution in [2.45, 2.75) is 32.7 Å². The third kappa shape index (κ3) is 4.25. The summed E-state index contributed by atoms with van der Waals surface area (Å²) >= 11 is 0. The second-order valence-electron chi connectivity index (χ2n) is 6.93. The van der Waals surface area contributed by atoms with E-state index in [-0.39, 0.29) is 5.97 Å². The zero-order valence-corrected chi connectivity index (χ0v) is 15.5. The van der Waals surface area contributed by atoms with Crippen molar-refractivity contribution in [3.63, 3.8) is 0 Å². The molecule has 1 N–H and O–H groups in total. The zero-order chi connectivity index (χ0) is 18.4. The van der Waals surface area contributed by atoms with Gasteiger partial charge in [-0.1, -0.05) is 12.1 Å². The van der Waals surface area contributed by atoms with Crippen LogP contribution in [0.1, 0.15) is 31.0 Å². The van der Waals surface area contributed by atoms with E-state index in [1.165, 1.54) is 0 Å². The van der Waals surface area contributed by atoms with Gasteiger partial charge >= 0.3 is 5.97 Å². The monoisotopic (exact) mass is 357 g/mol. The smallest absolute Gasteiger partial charge is 0.313 e. The standard InChI is InChI=1S/C20H27N3O3/c1-3-26-19(24)20(13-16-6-4-7-18(12-16)25-2)9-5-11-23(15-20)14-17-8-10-21-22-17/h4,6-8,10,12H,3,5,9,11,13-15H2,1-2H3,(H,21,22). The van der Waals surface area contributed by atoms with Crippen LogP contribution in [0.15, 0.2) is 36.5 Å². The molecule has 2 heterocycles. The van der Waals surface area contributed by atoms with Crippen LogP contribution in [-0.2, 0) is 22.5 Å². The summed E-state index contributed by atoms with van der Waals surface area (Å²) in [6.45, 7) is 4.68. The van der Waals surface area contributed by atoms with Gasteiger partial charge in [-0.05, 0) is 56.5 Å². The number of hydrogen-bond acceptors (Lipinski definition) is 5. The Balaban J connectivity index is 1.81. The van der Waals surface area contributed by atoms with Crippen molar-refractivity contribution >= 4 is 5.97 Å². The summed E-state index contributed by atoms with van der Waals surface area (Å²) < 4.78 is 10.8. The Morgan fingerprint density at radius 2 is 2.27 bits per heavy atom. The lowest BCUT2D eigenvalue weighted by molar-refractivity contribution is -0.159. The van der Waals surface area contributed by atoms with Gasteiger partial charge in [0.15, 0.2) is 0 Å². The minimum Gasteiger partial charge on any atom is -0.497 e. The average Bonchev–Trinajstić information content (AvgIpc) is 3.15. The van der Waals surface area contributed by atoms with Crippen LogP contribution in [0.3, 0.4) is 0 Å². The first-order valence-electron chi connectivity index (χ1n) is 9.16. The Kier molecular flexibility index (Phi) is 5.93. The highest BCUT2D eigenvalue weighted by Gasteiger charge is 2.43. The molecular weight excluding hydrogens is 330 g/mol. The molecule has 1 aromatic carbocycles. The van der Waals surface area contributed by atoms with E-state index in [0.717, 1.165) is 42.9 Å². The highest BCUT2D eigenvalue weighted by molar-refractivity contribution is 5.78. The number of nitrogens with one attached hydrogen (secondary N) is 1. The predicted octanol–water partition coefficient (Wildman–Crippen LogP) is 2.81. The van der Waals surface area contributed by atoms with Gasteiger partial charge in [0.1, 0.15) is 5.75 Å². The van der Waals surface area contributed by atoms with Crippen LogP contribution in [-0.4, -0.2) is 47.9 Å². The maximum atomic E-state index is 12.9. The molecule has 0 bridgehead atoms. The van der Waals surface area contributed by atoms with Crippen molar-refractivity contribution in [1.82, 2.24) is 15.1 Å². The van der Waals surface area contributed by atoms with E-state index in [1.54, 1.807) is 13.3 Å². The van der Waals surface area contributed by atoms with E-state index in [2.05, 4.69) is 21.2 Å². The Morgan fingerprint density at radius 3 is 3.00 bits per heavy atom. The van der Waals surface area contributed by atoms with Gasteiger partial charge in [-0.15, -0.1) is 0 Å². The van der Waals surface area contributed by atoms with Crippen LogP contribution in [0.5, 0.6) is 5.75 Å². The third-order valence-corrected chi connectivity index (χ3v) is 4.99. The van der Waals surface area contributed by atoms with E-state index >= 15 is 0 Å². The molecule has 0 radical (unpaired) electrons. The fourth-order valence-electron chi connectivity index (χ4n) is 3.82. The quantitative estimate of drug-likeness (QED) is 0.772. The van der Waals surface area contributed by atoms with Crippen molar-refractivity contribution in [3.05, 3.63) is 47.8 Å². The first-order valence-corrected chi connectivity index (χ1v) is 9.16. The molecular formula is C20H27N3O3. The molecule has 26 heavy (non-hydrogen) atoms. The summed E-state index contributed by atoms with van der Waals surface area (Å²) in [6, 6.07) is 9.93. The summed E-state index contributed by atoms with van der Waals surface area (Å²) in [5.74, 6) is 0.712. The average molecular weight is 357 g/mol. The maximum Gasteiger partial charge on any atom is 0.313 e. The molecule has 6 heteroatoms. The lowest BCUT2D eigenvalue weighted by Crippen LogP contribution is -2.49. The third-order valence-electron chi connectivity index (χ3n) is 4.99. The number of carbonyl (C=O) groups is 1. The van der Waals surface area contributed by atoms with Gasteiger partial charge in [0.2, 0.25) is 0 Å². The van der Waals surface area contributed by atoms with Gasteiger partial charge in [-0.25, -0.2) is 0 Å². The van der Waals surface area contributed by atoms with Crippen molar-refractivity contribution in [1.29, 1.82) is 0 Å². The molecule has 0 spiro atoms. The van der Waals surface area contributed by atoms with E-state index in [4.69, 9.17) is 9.47 Å². The van der Waals surface area contributed by atoms with Gasteiger partial charge in [0.25, 0.3) is 0 Å². The SMILES string of the molecule is CCOC(=O)C1(Cc2cccc(OC)c2)CCCN(Cc2ccn[nH]2)C1. The Labute approximate surface area is 154 Å². The van der Waals surface area contributed by atoms with E-state index in [0.29, 0.717) is 19.6 Å². The molecule has 0 aliphatic carbocycles. The van der Waals surface area contributed by atoms with Gasteiger partial charge < -0.3 is 9.47 Å². The number of benzene rings is 1. The normalized spacial score (nSPS) is 20.7. The van der Waals surface area contributed by atoms with Gasteiger partial charge in [-0.2, -0.15) is 5.10 Å². The molecule has 3 rings (SSSR count). The summed E-state index contributed by atoms with van der Waals surface area (Å²) in [4.78, 5) is 15.2. The molecule has 1 aliphatic heterocycles. The maximum absolute atomic E-state index is 12.9. The number of nitrogens with zero attached hydrogens (tertiary/aromatic N) is 2. The molecule has 1 aromatic heterocycles. The number of esters is 1. The summed E-state index contributed by atoms with van der Waals surface area (Å²) in [5.41, 5.74) is 1.63. The Hall–Kier alpha value is -2.34. The predicted molar refractivity (Wildman–Crippen MR) is 98.9 cm³/mol. The molecule has 1 atom stereocenters. The number of H-pyrrole nitrogens is 1. The summed E-state index contributed by atoms with van der Waals surface area (Å²) in [6.07, 6.45) is 4.22. The van der Waals surface area contributed by atoms with Crippen LogP contribution in [0.4, 0.5) is 0 Å². The number of ether oxygens (including phenoxy) is 2. The van der Waals surface area contributed by atoms with Crippen molar-refractivity contribution < 1.29 is 14.3 Å². The van der Waals surface area contributed by atoms with Crippen LogP contribution in [0.2, 0.25) is 0 Å². The number of aromatic amines is 1. The number of piperidine rings is 1. The molecule has 6 nitrogen and oxygen atoms in total. The van der Waals surface area contributed by atoms with Crippen LogP contribution in [0.25, 0.3) is 0 Å². The lowest BCUT2D eigenvalue weighted by Gasteiger charge is -2.41. The number of rotatable bonds is 7. The van der Waals surface area contributed by atoms with E-state index < -0.39 is 5.41 Å². The highest BCUT2D eigenvalue weighted by atomic mass is 16.5. The number of hydrogen-bond donors (Lipinski definition) is 1. The summed E-state index contributed by atoms with van der Waals surface area (Å²) in [5, 5.41) is 7.02. The topological polar surface area (TPSA) is 67.5 Å². The summed E-state index contributed by atoms with van der Waals surface area (Å²) in [7, 11) is 1.66. The first kappa shape index (κ1) is 18.5. The van der Waals surface area contributed by atoms with E-state index in [1.807, 2.05) is 31.2 Å². The fraction of sp³-hybridized carbons (Fsp3) is 0.500. The van der Waals surface area contributed by atoms with Crippen LogP contribution < -0.4 is 4.74 Å². The van der Waals surface area contributed by atoms with Crippen molar-refractivity contribution in [2.24, 2.45) is 5.41 Å². The molecule has 1 fully saturated rings. The minimum atomic E-state index is -0.527. The van der Waals surface area contributed by atoms with E-state index in [9.17, 15) is 4.79 Å². The molecule has 1 saturated heterocycles.